The summed E-state index contributed by atoms with van der Waals surface area (Å²) in [5.41, 5.74) is 1.83. The second-order valence-corrected chi connectivity index (χ2v) is 10.5. The Kier molecular flexibility index (Phi) is 4.82. The van der Waals surface area contributed by atoms with Gasteiger partial charge in [-0.25, -0.2) is 9.36 Å². The van der Waals surface area contributed by atoms with E-state index >= 15 is 0 Å². The van der Waals surface area contributed by atoms with Crippen molar-refractivity contribution in [1.29, 1.82) is 0 Å². The molecule has 0 aliphatic carbocycles. The molecule has 0 amide bonds. The Morgan fingerprint density at radius 3 is 1.27 bits per heavy atom. The van der Waals surface area contributed by atoms with Gasteiger partial charge >= 0.3 is 0 Å². The SMILES string of the molecule is O=c1c2ccccc2c(=O)n2n1[C@H](c1ccccc1)P(c1ccccc1)[C@H]2c1ccccc1. The van der Waals surface area contributed by atoms with Crippen LogP contribution in [0.5, 0.6) is 0 Å². The highest BCUT2D eigenvalue weighted by Crippen LogP contribution is 2.64. The quantitative estimate of drug-likeness (QED) is 0.362. The van der Waals surface area contributed by atoms with Crippen LogP contribution < -0.4 is 16.4 Å². The van der Waals surface area contributed by atoms with Gasteiger partial charge in [-0.3, -0.25) is 9.59 Å². The molecule has 0 unspecified atom stereocenters. The molecule has 2 heterocycles. The fourth-order valence-corrected chi connectivity index (χ4v) is 8.10. The molecule has 0 N–H and O–H groups in total. The van der Waals surface area contributed by atoms with Crippen molar-refractivity contribution in [2.75, 3.05) is 0 Å². The average Bonchev–Trinajstić information content (AvgIpc) is 3.25. The first-order valence-electron chi connectivity index (χ1n) is 10.9. The van der Waals surface area contributed by atoms with Crippen LogP contribution in [0.4, 0.5) is 0 Å². The van der Waals surface area contributed by atoms with Gasteiger partial charge in [0, 0.05) is 0 Å². The van der Waals surface area contributed by atoms with E-state index in [-0.39, 0.29) is 22.7 Å². The van der Waals surface area contributed by atoms with Crippen molar-refractivity contribution in [3.63, 3.8) is 0 Å². The minimum atomic E-state index is -1.02. The Morgan fingerprint density at radius 1 is 0.485 bits per heavy atom. The lowest BCUT2D eigenvalue weighted by Crippen LogP contribution is -2.37. The van der Waals surface area contributed by atoms with E-state index in [4.69, 9.17) is 0 Å². The van der Waals surface area contributed by atoms with E-state index in [0.717, 1.165) is 16.4 Å². The van der Waals surface area contributed by atoms with E-state index in [9.17, 15) is 9.59 Å². The Hall–Kier alpha value is -3.75. The summed E-state index contributed by atoms with van der Waals surface area (Å²) in [6, 6.07) is 37.7. The van der Waals surface area contributed by atoms with Crippen molar-refractivity contribution >= 4 is 24.0 Å². The van der Waals surface area contributed by atoms with E-state index in [1.54, 1.807) is 21.5 Å². The van der Waals surface area contributed by atoms with Crippen molar-refractivity contribution in [3.05, 3.63) is 147 Å². The molecule has 160 valence electrons. The molecule has 4 nitrogen and oxygen atoms in total. The van der Waals surface area contributed by atoms with E-state index in [2.05, 4.69) is 36.4 Å². The smallest absolute Gasteiger partial charge is 0.267 e. The average molecular weight is 448 g/mol. The van der Waals surface area contributed by atoms with E-state index in [1.807, 2.05) is 66.7 Å². The number of rotatable bonds is 3. The standard InChI is InChI=1S/C28H21N2O2P/c31-25-23-18-10-11-19-24(23)26(32)30-28(21-14-6-2-7-15-21)33(22-16-8-3-9-17-22)27(29(25)30)20-12-4-1-5-13-20/h1-19,27-28H/t27-,28-/m0/s1. The van der Waals surface area contributed by atoms with Gasteiger partial charge in [-0.15, -0.1) is 0 Å². The summed E-state index contributed by atoms with van der Waals surface area (Å²) in [4.78, 5) is 27.8. The van der Waals surface area contributed by atoms with Crippen molar-refractivity contribution in [2.24, 2.45) is 0 Å². The summed E-state index contributed by atoms with van der Waals surface area (Å²) >= 11 is 0. The van der Waals surface area contributed by atoms with Crippen molar-refractivity contribution < 1.29 is 0 Å². The first-order chi connectivity index (χ1) is 16.3. The lowest BCUT2D eigenvalue weighted by atomic mass is 10.2. The Morgan fingerprint density at radius 2 is 0.848 bits per heavy atom. The Labute approximate surface area is 192 Å². The molecule has 4 aromatic carbocycles. The first-order valence-corrected chi connectivity index (χ1v) is 12.4. The van der Waals surface area contributed by atoms with Gasteiger partial charge < -0.3 is 0 Å². The van der Waals surface area contributed by atoms with Gasteiger partial charge in [0.1, 0.15) is 11.6 Å². The second-order valence-electron chi connectivity index (χ2n) is 8.16. The molecule has 0 saturated heterocycles. The maximum Gasteiger partial charge on any atom is 0.274 e. The predicted molar refractivity (Wildman–Crippen MR) is 135 cm³/mol. The lowest BCUT2D eigenvalue weighted by Gasteiger charge is -2.25. The van der Waals surface area contributed by atoms with Crippen molar-refractivity contribution in [2.45, 2.75) is 11.6 Å². The van der Waals surface area contributed by atoms with Crippen LogP contribution in [0.15, 0.2) is 125 Å². The zero-order valence-corrected chi connectivity index (χ0v) is 18.7. The van der Waals surface area contributed by atoms with Crippen LogP contribution in [0.2, 0.25) is 0 Å². The highest BCUT2D eigenvalue weighted by Gasteiger charge is 2.44. The molecule has 1 aliphatic heterocycles. The van der Waals surface area contributed by atoms with Gasteiger partial charge in [-0.2, -0.15) is 0 Å². The summed E-state index contributed by atoms with van der Waals surface area (Å²) in [5, 5.41) is 2.10. The summed E-state index contributed by atoms with van der Waals surface area (Å²) in [7, 11) is -1.02. The monoisotopic (exact) mass is 448 g/mol. The third-order valence-electron chi connectivity index (χ3n) is 6.28. The van der Waals surface area contributed by atoms with Crippen molar-refractivity contribution in [3.8, 4) is 0 Å². The molecule has 0 bridgehead atoms. The fraction of sp³-hybridized carbons (Fsp3) is 0.0714. The summed E-state index contributed by atoms with van der Waals surface area (Å²) in [6.45, 7) is 0. The normalized spacial score (nSPS) is 17.8. The number of hydrogen-bond acceptors (Lipinski definition) is 2. The molecule has 5 aromatic rings. The van der Waals surface area contributed by atoms with Gasteiger partial charge in [-0.1, -0.05) is 103 Å². The minimum absolute atomic E-state index is 0.124. The maximum atomic E-state index is 13.9. The molecule has 33 heavy (non-hydrogen) atoms. The molecule has 5 heteroatoms. The third-order valence-corrected chi connectivity index (χ3v) is 9.26. The summed E-state index contributed by atoms with van der Waals surface area (Å²) < 4.78 is 3.47. The molecular weight excluding hydrogens is 427 g/mol. The molecule has 2 atom stereocenters. The van der Waals surface area contributed by atoms with Crippen LogP contribution in [0.3, 0.4) is 0 Å². The minimum Gasteiger partial charge on any atom is -0.267 e. The molecule has 0 fully saturated rings. The van der Waals surface area contributed by atoms with Gasteiger partial charge in [0.05, 0.1) is 10.8 Å². The molecule has 0 saturated carbocycles. The number of benzene rings is 4. The van der Waals surface area contributed by atoms with E-state index < -0.39 is 7.92 Å². The Balaban J connectivity index is 1.77. The van der Waals surface area contributed by atoms with Gasteiger partial charge in [0.2, 0.25) is 0 Å². The number of nitrogens with zero attached hydrogens (tertiary/aromatic N) is 2. The largest absolute Gasteiger partial charge is 0.274 e. The van der Waals surface area contributed by atoms with Crippen LogP contribution in [0.1, 0.15) is 22.7 Å². The molecular formula is C28H21N2O2P. The zero-order valence-electron chi connectivity index (χ0n) is 17.8. The van der Waals surface area contributed by atoms with Crippen LogP contribution in [-0.2, 0) is 0 Å². The second kappa shape index (κ2) is 7.99. The fourth-order valence-electron chi connectivity index (χ4n) is 4.86. The molecule has 6 rings (SSSR count). The van der Waals surface area contributed by atoms with Crippen LogP contribution in [-0.4, -0.2) is 9.36 Å². The highest BCUT2D eigenvalue weighted by atomic mass is 31.1. The van der Waals surface area contributed by atoms with Crippen molar-refractivity contribution in [1.82, 2.24) is 9.36 Å². The molecule has 0 spiro atoms. The summed E-state index contributed by atoms with van der Waals surface area (Å²) in [5.74, 6) is -0.503. The first kappa shape index (κ1) is 19.9. The zero-order chi connectivity index (χ0) is 22.4. The third kappa shape index (κ3) is 3.10. The number of aromatic nitrogens is 2. The Bertz CT molecular complexity index is 1460. The number of hydrogen-bond donors (Lipinski definition) is 0. The molecule has 0 radical (unpaired) electrons. The maximum absolute atomic E-state index is 13.9. The van der Waals surface area contributed by atoms with Gasteiger partial charge in [0.25, 0.3) is 11.1 Å². The number of fused-ring (bicyclic) bond motifs is 2. The topological polar surface area (TPSA) is 44.0 Å². The molecule has 1 aromatic heterocycles. The summed E-state index contributed by atoms with van der Waals surface area (Å²) in [6.07, 6.45) is 0. The van der Waals surface area contributed by atoms with E-state index in [1.165, 1.54) is 0 Å². The lowest BCUT2D eigenvalue weighted by molar-refractivity contribution is 0.494. The van der Waals surface area contributed by atoms with Crippen LogP contribution >= 0.6 is 7.92 Å². The van der Waals surface area contributed by atoms with Crippen LogP contribution in [0.25, 0.3) is 10.8 Å². The predicted octanol–water partition coefficient (Wildman–Crippen LogP) is 5.08. The highest BCUT2D eigenvalue weighted by molar-refractivity contribution is 7.66. The van der Waals surface area contributed by atoms with Crippen LogP contribution in [0, 0.1) is 0 Å². The molecule has 1 aliphatic rings. The van der Waals surface area contributed by atoms with Gasteiger partial charge in [-0.05, 0) is 36.5 Å². The van der Waals surface area contributed by atoms with E-state index in [0.29, 0.717) is 10.8 Å². The van der Waals surface area contributed by atoms with Gasteiger partial charge in [0.15, 0.2) is 0 Å².